The topological polar surface area (TPSA) is 53.7 Å². The Hall–Kier alpha value is -1.88. The molecule has 21 heavy (non-hydrogen) atoms. The van der Waals surface area contributed by atoms with Crippen LogP contribution in [0.25, 0.3) is 11.0 Å². The third kappa shape index (κ3) is 2.78. The second kappa shape index (κ2) is 5.48. The highest BCUT2D eigenvalue weighted by Crippen LogP contribution is 2.27. The summed E-state index contributed by atoms with van der Waals surface area (Å²) in [4.78, 5) is 13.9. The molecule has 4 nitrogen and oxygen atoms in total. The summed E-state index contributed by atoms with van der Waals surface area (Å²) in [6.45, 7) is 0.505. The number of fused-ring (bicyclic) bond motifs is 1. The molecule has 0 spiro atoms. The van der Waals surface area contributed by atoms with Crippen molar-refractivity contribution in [1.82, 2.24) is 4.90 Å². The van der Waals surface area contributed by atoms with Gasteiger partial charge < -0.3 is 14.4 Å². The minimum Gasteiger partial charge on any atom is -0.451 e. The minimum absolute atomic E-state index is 0.126. The van der Waals surface area contributed by atoms with E-state index in [0.717, 1.165) is 19.3 Å². The molecule has 112 valence electrons. The lowest BCUT2D eigenvalue weighted by Crippen LogP contribution is -2.34. The first-order valence-electron chi connectivity index (χ1n) is 7.17. The lowest BCUT2D eigenvalue weighted by molar-refractivity contribution is 0.0667. The quantitative estimate of drug-likeness (QED) is 0.946. The van der Waals surface area contributed by atoms with Crippen LogP contribution in [0.2, 0.25) is 0 Å². The first kappa shape index (κ1) is 14.1. The van der Waals surface area contributed by atoms with Crippen LogP contribution in [0.1, 0.15) is 29.8 Å². The van der Waals surface area contributed by atoms with Crippen LogP contribution in [0.5, 0.6) is 0 Å². The predicted octanol–water partition coefficient (Wildman–Crippen LogP) is 2.80. The fourth-order valence-corrected chi connectivity index (χ4v) is 2.97. The van der Waals surface area contributed by atoms with Crippen molar-refractivity contribution in [3.63, 3.8) is 0 Å². The van der Waals surface area contributed by atoms with E-state index in [1.54, 1.807) is 18.0 Å². The largest absolute Gasteiger partial charge is 0.451 e. The van der Waals surface area contributed by atoms with E-state index in [2.05, 4.69) is 0 Å². The van der Waals surface area contributed by atoms with Gasteiger partial charge in [0.2, 0.25) is 0 Å². The maximum atomic E-state index is 13.2. The second-order valence-corrected chi connectivity index (χ2v) is 5.74. The van der Waals surface area contributed by atoms with Crippen LogP contribution in [0, 0.1) is 11.7 Å². The normalized spacial score (nSPS) is 21.9. The van der Waals surface area contributed by atoms with Crippen molar-refractivity contribution in [3.8, 4) is 0 Å². The zero-order valence-electron chi connectivity index (χ0n) is 11.9. The molecule has 0 bridgehead atoms. The summed E-state index contributed by atoms with van der Waals surface area (Å²) in [5.41, 5.74) is 0.494. The summed E-state index contributed by atoms with van der Waals surface area (Å²) < 4.78 is 18.6. The Kier molecular flexibility index (Phi) is 3.68. The second-order valence-electron chi connectivity index (χ2n) is 5.74. The highest BCUT2D eigenvalue weighted by molar-refractivity contribution is 5.95. The Balaban J connectivity index is 1.76. The summed E-state index contributed by atoms with van der Waals surface area (Å²) >= 11 is 0. The zero-order chi connectivity index (χ0) is 15.0. The van der Waals surface area contributed by atoms with Crippen LogP contribution in [-0.2, 0) is 0 Å². The summed E-state index contributed by atoms with van der Waals surface area (Å²) in [6, 6.07) is 5.72. The third-order valence-corrected chi connectivity index (χ3v) is 4.16. The Morgan fingerprint density at radius 2 is 2.24 bits per heavy atom. The summed E-state index contributed by atoms with van der Waals surface area (Å²) in [5, 5.41) is 10.4. The molecule has 1 N–H and O–H groups in total. The predicted molar refractivity (Wildman–Crippen MR) is 76.5 cm³/mol. The van der Waals surface area contributed by atoms with Gasteiger partial charge in [0.1, 0.15) is 11.4 Å². The molecule has 1 aliphatic carbocycles. The van der Waals surface area contributed by atoms with Crippen LogP contribution in [0.4, 0.5) is 4.39 Å². The number of carbonyl (C=O) groups excluding carboxylic acids is 1. The standard InChI is InChI=1S/C16H18FNO3/c1-18(9-10-3-2-4-13(10)19)16(20)15-8-11-7-12(17)5-6-14(11)21-15/h5-8,10,13,19H,2-4,9H2,1H3. The van der Waals surface area contributed by atoms with Crippen molar-refractivity contribution in [2.75, 3.05) is 13.6 Å². The van der Waals surface area contributed by atoms with Crippen molar-refractivity contribution in [1.29, 1.82) is 0 Å². The van der Waals surface area contributed by atoms with E-state index >= 15 is 0 Å². The third-order valence-electron chi connectivity index (χ3n) is 4.16. The average Bonchev–Trinajstić information content (AvgIpc) is 3.04. The van der Waals surface area contributed by atoms with Crippen LogP contribution in [0.3, 0.4) is 0 Å². The van der Waals surface area contributed by atoms with E-state index < -0.39 is 0 Å². The lowest BCUT2D eigenvalue weighted by Gasteiger charge is -2.22. The molecule has 0 radical (unpaired) electrons. The molecule has 2 atom stereocenters. The molecule has 1 amide bonds. The molecule has 2 aromatic rings. The van der Waals surface area contributed by atoms with E-state index in [-0.39, 0.29) is 29.5 Å². The highest BCUT2D eigenvalue weighted by Gasteiger charge is 2.28. The Bertz CT molecular complexity index is 667. The molecule has 0 aliphatic heterocycles. The van der Waals surface area contributed by atoms with Gasteiger partial charge in [0.15, 0.2) is 5.76 Å². The molecule has 1 saturated carbocycles. The Morgan fingerprint density at radius 3 is 2.95 bits per heavy atom. The van der Waals surface area contributed by atoms with E-state index in [0.29, 0.717) is 17.5 Å². The molecular weight excluding hydrogens is 273 g/mol. The fourth-order valence-electron chi connectivity index (χ4n) is 2.97. The highest BCUT2D eigenvalue weighted by atomic mass is 19.1. The number of benzene rings is 1. The first-order chi connectivity index (χ1) is 10.0. The molecular formula is C16H18FNO3. The number of hydrogen-bond donors (Lipinski definition) is 1. The Labute approximate surface area is 122 Å². The van der Waals surface area contributed by atoms with Gasteiger partial charge in [-0.3, -0.25) is 4.79 Å². The van der Waals surface area contributed by atoms with Gasteiger partial charge in [-0.05, 0) is 37.1 Å². The molecule has 2 unspecified atom stereocenters. The number of nitrogens with zero attached hydrogens (tertiary/aromatic N) is 1. The molecule has 1 aromatic heterocycles. The first-order valence-corrected chi connectivity index (χ1v) is 7.17. The van der Waals surface area contributed by atoms with Crippen molar-refractivity contribution in [3.05, 3.63) is 35.8 Å². The summed E-state index contributed by atoms with van der Waals surface area (Å²) in [7, 11) is 1.70. The van der Waals surface area contributed by atoms with Gasteiger partial charge in [0.05, 0.1) is 6.10 Å². The van der Waals surface area contributed by atoms with Gasteiger partial charge in [-0.25, -0.2) is 4.39 Å². The van der Waals surface area contributed by atoms with Crippen LogP contribution in [-0.4, -0.2) is 35.6 Å². The lowest BCUT2D eigenvalue weighted by atomic mass is 10.1. The monoisotopic (exact) mass is 291 g/mol. The van der Waals surface area contributed by atoms with Crippen molar-refractivity contribution < 1.29 is 18.7 Å². The minimum atomic E-state index is -0.357. The molecule has 1 fully saturated rings. The SMILES string of the molecule is CN(CC1CCCC1O)C(=O)c1cc2cc(F)ccc2o1. The number of carbonyl (C=O) groups is 1. The Morgan fingerprint density at radius 1 is 1.43 bits per heavy atom. The van der Waals surface area contributed by atoms with Crippen LogP contribution >= 0.6 is 0 Å². The van der Waals surface area contributed by atoms with Crippen molar-refractivity contribution in [2.45, 2.75) is 25.4 Å². The van der Waals surface area contributed by atoms with E-state index in [9.17, 15) is 14.3 Å². The maximum absolute atomic E-state index is 13.2. The molecule has 0 saturated heterocycles. The molecule has 3 rings (SSSR count). The molecule has 5 heteroatoms. The van der Waals surface area contributed by atoms with Gasteiger partial charge >= 0.3 is 0 Å². The van der Waals surface area contributed by atoms with E-state index in [1.807, 2.05) is 0 Å². The maximum Gasteiger partial charge on any atom is 0.289 e. The number of aliphatic hydroxyl groups is 1. The number of furan rings is 1. The van der Waals surface area contributed by atoms with Gasteiger partial charge in [0.25, 0.3) is 5.91 Å². The van der Waals surface area contributed by atoms with Crippen LogP contribution in [0.15, 0.2) is 28.7 Å². The smallest absolute Gasteiger partial charge is 0.289 e. The molecule has 1 heterocycles. The number of aliphatic hydroxyl groups excluding tert-OH is 1. The van der Waals surface area contributed by atoms with Gasteiger partial charge in [-0.15, -0.1) is 0 Å². The number of rotatable bonds is 3. The number of amides is 1. The van der Waals surface area contributed by atoms with Gasteiger partial charge in [0, 0.05) is 24.9 Å². The summed E-state index contributed by atoms with van der Waals surface area (Å²) in [6.07, 6.45) is 2.41. The molecule has 1 aromatic carbocycles. The fraction of sp³-hybridized carbons (Fsp3) is 0.438. The van der Waals surface area contributed by atoms with Gasteiger partial charge in [-0.1, -0.05) is 6.42 Å². The van der Waals surface area contributed by atoms with E-state index in [1.165, 1.54) is 18.2 Å². The van der Waals surface area contributed by atoms with Crippen molar-refractivity contribution >= 4 is 16.9 Å². The van der Waals surface area contributed by atoms with Crippen molar-refractivity contribution in [2.24, 2.45) is 5.92 Å². The molecule has 1 aliphatic rings. The average molecular weight is 291 g/mol. The van der Waals surface area contributed by atoms with Crippen LogP contribution < -0.4 is 0 Å². The van der Waals surface area contributed by atoms with E-state index in [4.69, 9.17) is 4.42 Å². The zero-order valence-corrected chi connectivity index (χ0v) is 11.9. The number of halogens is 1. The number of hydrogen-bond acceptors (Lipinski definition) is 3. The van der Waals surface area contributed by atoms with Gasteiger partial charge in [-0.2, -0.15) is 0 Å². The summed E-state index contributed by atoms with van der Waals surface area (Å²) in [5.74, 6) is -0.276.